The van der Waals surface area contributed by atoms with Gasteiger partial charge in [-0.1, -0.05) is 13.8 Å². The van der Waals surface area contributed by atoms with Crippen LogP contribution in [0.3, 0.4) is 0 Å². The molecule has 1 atom stereocenters. The first-order valence-corrected chi connectivity index (χ1v) is 6.42. The second-order valence-electron chi connectivity index (χ2n) is 5.07. The van der Waals surface area contributed by atoms with Gasteiger partial charge in [0.25, 0.3) is 0 Å². The summed E-state index contributed by atoms with van der Waals surface area (Å²) < 4.78 is 1.92. The standard InChI is InChI=1S/C13H23N3/c1-4-13-12(9-16(3)15-13)8-14-7-10(2)11-5-6-11/h9-11,14H,4-8H2,1-3H3. The van der Waals surface area contributed by atoms with Crippen molar-refractivity contribution in [3.05, 3.63) is 17.5 Å². The quantitative estimate of drug-likeness (QED) is 0.797. The van der Waals surface area contributed by atoms with Crippen LogP contribution in [0.25, 0.3) is 0 Å². The largest absolute Gasteiger partial charge is 0.312 e. The summed E-state index contributed by atoms with van der Waals surface area (Å²) in [5.41, 5.74) is 2.59. The van der Waals surface area contributed by atoms with E-state index in [1.807, 2.05) is 11.7 Å². The zero-order chi connectivity index (χ0) is 11.5. The highest BCUT2D eigenvalue weighted by Gasteiger charge is 2.27. The van der Waals surface area contributed by atoms with Crippen molar-refractivity contribution in [2.75, 3.05) is 6.54 Å². The minimum Gasteiger partial charge on any atom is -0.312 e. The van der Waals surface area contributed by atoms with E-state index in [1.165, 1.54) is 24.1 Å². The monoisotopic (exact) mass is 221 g/mol. The van der Waals surface area contributed by atoms with Gasteiger partial charge in [-0.25, -0.2) is 0 Å². The Balaban J connectivity index is 1.79. The zero-order valence-corrected chi connectivity index (χ0v) is 10.7. The minimum atomic E-state index is 0.835. The van der Waals surface area contributed by atoms with E-state index in [2.05, 4.69) is 30.5 Å². The maximum atomic E-state index is 4.45. The summed E-state index contributed by atoms with van der Waals surface area (Å²) in [6.45, 7) is 6.63. The van der Waals surface area contributed by atoms with Crippen LogP contribution in [0.15, 0.2) is 6.20 Å². The van der Waals surface area contributed by atoms with E-state index in [-0.39, 0.29) is 0 Å². The van der Waals surface area contributed by atoms with Gasteiger partial charge >= 0.3 is 0 Å². The van der Waals surface area contributed by atoms with Crippen LogP contribution in [0, 0.1) is 11.8 Å². The summed E-state index contributed by atoms with van der Waals surface area (Å²) in [6.07, 6.45) is 6.04. The first-order chi connectivity index (χ1) is 7.70. The molecule has 2 rings (SSSR count). The van der Waals surface area contributed by atoms with Gasteiger partial charge in [-0.05, 0) is 37.6 Å². The molecule has 0 amide bonds. The molecular weight excluding hydrogens is 198 g/mol. The van der Waals surface area contributed by atoms with Gasteiger partial charge in [0.1, 0.15) is 0 Å². The van der Waals surface area contributed by atoms with Gasteiger partial charge in [0.05, 0.1) is 5.69 Å². The molecule has 1 N–H and O–H groups in total. The first kappa shape index (κ1) is 11.6. The molecule has 0 radical (unpaired) electrons. The Labute approximate surface area is 98.2 Å². The van der Waals surface area contributed by atoms with Crippen molar-refractivity contribution in [2.45, 2.75) is 39.7 Å². The molecule has 90 valence electrons. The van der Waals surface area contributed by atoms with Gasteiger partial charge in [-0.15, -0.1) is 0 Å². The van der Waals surface area contributed by atoms with Crippen molar-refractivity contribution in [2.24, 2.45) is 18.9 Å². The number of hydrogen-bond donors (Lipinski definition) is 1. The Morgan fingerprint density at radius 3 is 2.94 bits per heavy atom. The van der Waals surface area contributed by atoms with Crippen molar-refractivity contribution in [3.8, 4) is 0 Å². The van der Waals surface area contributed by atoms with E-state index in [0.717, 1.165) is 31.3 Å². The van der Waals surface area contributed by atoms with Crippen molar-refractivity contribution < 1.29 is 0 Å². The van der Waals surface area contributed by atoms with Crippen LogP contribution in [0.5, 0.6) is 0 Å². The predicted molar refractivity (Wildman–Crippen MR) is 66.2 cm³/mol. The van der Waals surface area contributed by atoms with E-state index < -0.39 is 0 Å². The van der Waals surface area contributed by atoms with Crippen LogP contribution in [-0.2, 0) is 20.0 Å². The van der Waals surface area contributed by atoms with Crippen LogP contribution in [-0.4, -0.2) is 16.3 Å². The van der Waals surface area contributed by atoms with E-state index in [0.29, 0.717) is 0 Å². The van der Waals surface area contributed by atoms with Crippen LogP contribution in [0.4, 0.5) is 0 Å². The molecule has 0 aliphatic heterocycles. The molecule has 1 aromatic heterocycles. The summed E-state index contributed by atoms with van der Waals surface area (Å²) in [6, 6.07) is 0. The van der Waals surface area contributed by atoms with E-state index in [4.69, 9.17) is 0 Å². The summed E-state index contributed by atoms with van der Waals surface area (Å²) >= 11 is 0. The summed E-state index contributed by atoms with van der Waals surface area (Å²) in [5, 5.41) is 8.01. The fraction of sp³-hybridized carbons (Fsp3) is 0.769. The van der Waals surface area contributed by atoms with Gasteiger partial charge < -0.3 is 5.32 Å². The zero-order valence-electron chi connectivity index (χ0n) is 10.7. The van der Waals surface area contributed by atoms with Gasteiger partial charge in [0, 0.05) is 25.4 Å². The molecule has 0 spiro atoms. The number of nitrogens with one attached hydrogen (secondary N) is 1. The Morgan fingerprint density at radius 1 is 1.56 bits per heavy atom. The lowest BCUT2D eigenvalue weighted by atomic mass is 10.1. The Bertz CT molecular complexity index is 339. The Hall–Kier alpha value is -0.830. The number of rotatable bonds is 6. The maximum absolute atomic E-state index is 4.45. The third kappa shape index (κ3) is 2.85. The molecule has 16 heavy (non-hydrogen) atoms. The number of hydrogen-bond acceptors (Lipinski definition) is 2. The van der Waals surface area contributed by atoms with Crippen LogP contribution >= 0.6 is 0 Å². The molecule has 0 aromatic carbocycles. The van der Waals surface area contributed by atoms with Crippen LogP contribution in [0.2, 0.25) is 0 Å². The summed E-state index contributed by atoms with van der Waals surface area (Å²) in [4.78, 5) is 0. The fourth-order valence-electron chi connectivity index (χ4n) is 2.30. The predicted octanol–water partition coefficient (Wildman–Crippen LogP) is 2.12. The molecule has 0 saturated heterocycles. The van der Waals surface area contributed by atoms with Gasteiger partial charge in [-0.2, -0.15) is 5.10 Å². The maximum Gasteiger partial charge on any atom is 0.0666 e. The molecule has 0 bridgehead atoms. The third-order valence-electron chi connectivity index (χ3n) is 3.54. The van der Waals surface area contributed by atoms with Crippen LogP contribution < -0.4 is 5.32 Å². The lowest BCUT2D eigenvalue weighted by Gasteiger charge is -2.10. The minimum absolute atomic E-state index is 0.835. The van der Waals surface area contributed by atoms with Crippen molar-refractivity contribution >= 4 is 0 Å². The lowest BCUT2D eigenvalue weighted by Crippen LogP contribution is -2.22. The van der Waals surface area contributed by atoms with Gasteiger partial charge in [-0.3, -0.25) is 4.68 Å². The fourth-order valence-corrected chi connectivity index (χ4v) is 2.30. The average Bonchev–Trinajstić information content (AvgIpc) is 3.03. The third-order valence-corrected chi connectivity index (χ3v) is 3.54. The molecule has 1 aromatic rings. The molecule has 1 aliphatic carbocycles. The first-order valence-electron chi connectivity index (χ1n) is 6.42. The van der Waals surface area contributed by atoms with Crippen molar-refractivity contribution in [1.82, 2.24) is 15.1 Å². The SMILES string of the molecule is CCc1nn(C)cc1CNCC(C)C1CC1. The second-order valence-corrected chi connectivity index (χ2v) is 5.07. The van der Waals surface area contributed by atoms with Crippen molar-refractivity contribution in [3.63, 3.8) is 0 Å². The normalized spacial score (nSPS) is 17.7. The number of aryl methyl sites for hydroxylation is 2. The van der Waals surface area contributed by atoms with E-state index in [1.54, 1.807) is 0 Å². The van der Waals surface area contributed by atoms with E-state index in [9.17, 15) is 0 Å². The van der Waals surface area contributed by atoms with E-state index >= 15 is 0 Å². The highest BCUT2D eigenvalue weighted by Crippen LogP contribution is 2.36. The highest BCUT2D eigenvalue weighted by molar-refractivity contribution is 5.16. The highest BCUT2D eigenvalue weighted by atomic mass is 15.3. The molecule has 3 nitrogen and oxygen atoms in total. The van der Waals surface area contributed by atoms with Crippen LogP contribution in [0.1, 0.15) is 37.9 Å². The molecule has 1 heterocycles. The molecular formula is C13H23N3. The Morgan fingerprint density at radius 2 is 2.31 bits per heavy atom. The molecule has 1 fully saturated rings. The average molecular weight is 221 g/mol. The summed E-state index contributed by atoms with van der Waals surface area (Å²) in [7, 11) is 2.00. The van der Waals surface area contributed by atoms with Crippen molar-refractivity contribution in [1.29, 1.82) is 0 Å². The molecule has 1 unspecified atom stereocenters. The molecule has 1 saturated carbocycles. The Kier molecular flexibility index (Phi) is 3.64. The van der Waals surface area contributed by atoms with Gasteiger partial charge in [0.2, 0.25) is 0 Å². The number of aromatic nitrogens is 2. The smallest absolute Gasteiger partial charge is 0.0666 e. The molecule has 3 heteroatoms. The molecule has 1 aliphatic rings. The second kappa shape index (κ2) is 5.00. The lowest BCUT2D eigenvalue weighted by molar-refractivity contribution is 0.461. The van der Waals surface area contributed by atoms with Gasteiger partial charge in [0.15, 0.2) is 0 Å². The number of nitrogens with zero attached hydrogens (tertiary/aromatic N) is 2. The summed E-state index contributed by atoms with van der Waals surface area (Å²) in [5.74, 6) is 1.83. The topological polar surface area (TPSA) is 29.9 Å².